The molecule has 25 heavy (non-hydrogen) atoms. The van der Waals surface area contributed by atoms with Crippen LogP contribution in [0.2, 0.25) is 0 Å². The van der Waals surface area contributed by atoms with Gasteiger partial charge in [-0.15, -0.1) is 0 Å². The molecule has 0 saturated heterocycles. The Hall–Kier alpha value is -2.78. The third-order valence-corrected chi connectivity index (χ3v) is 2.67. The molecule has 1 unspecified atom stereocenters. The second-order valence-electron chi connectivity index (χ2n) is 5.99. The third kappa shape index (κ3) is 6.69. The van der Waals surface area contributed by atoms with Crippen LogP contribution in [0.1, 0.15) is 32.4 Å². The van der Waals surface area contributed by atoms with Gasteiger partial charge in [0.25, 0.3) is 0 Å². The van der Waals surface area contributed by atoms with Crippen molar-refractivity contribution in [3.8, 4) is 0 Å². The van der Waals surface area contributed by atoms with Crippen LogP contribution < -0.4 is 10.6 Å². The molecule has 0 saturated carbocycles. The van der Waals surface area contributed by atoms with Gasteiger partial charge in [-0.25, -0.2) is 9.59 Å². The number of aliphatic carboxylic acids is 1. The Kier molecular flexibility index (Phi) is 6.01. The van der Waals surface area contributed by atoms with Crippen LogP contribution in [-0.2, 0) is 14.3 Å². The Labute approximate surface area is 141 Å². The summed E-state index contributed by atoms with van der Waals surface area (Å²) in [5.74, 6) is -3.54. The van der Waals surface area contributed by atoms with E-state index in [2.05, 4.69) is 5.32 Å². The number of alkyl halides is 3. The third-order valence-electron chi connectivity index (χ3n) is 2.67. The largest absolute Gasteiger partial charge is 0.479 e. The highest BCUT2D eigenvalue weighted by Gasteiger charge is 2.38. The van der Waals surface area contributed by atoms with Crippen LogP contribution >= 0.6 is 0 Å². The number of amides is 2. The van der Waals surface area contributed by atoms with Gasteiger partial charge in [0, 0.05) is 5.69 Å². The summed E-state index contributed by atoms with van der Waals surface area (Å²) in [5, 5.41) is 13.0. The van der Waals surface area contributed by atoms with E-state index in [-0.39, 0.29) is 11.3 Å². The number of nitrogens with one attached hydrogen (secondary N) is 2. The Morgan fingerprint density at radius 1 is 1.08 bits per heavy atom. The molecule has 0 aliphatic rings. The molecule has 1 aromatic rings. The number of halogens is 3. The first kappa shape index (κ1) is 20.3. The number of rotatable bonds is 4. The maximum atomic E-state index is 12.2. The summed E-state index contributed by atoms with van der Waals surface area (Å²) in [4.78, 5) is 33.8. The average Bonchev–Trinajstić information content (AvgIpc) is 2.42. The standard InChI is InChI=1S/C15H17F3N2O5/c1-14(2,3)25-13(24)20-10(11(21)22)8-4-6-9(7-5-8)19-12(23)15(16,17)18/h4-7,10H,1-3H3,(H,19,23)(H,20,24)(H,21,22). The van der Waals surface area contributed by atoms with Gasteiger partial charge < -0.3 is 20.5 Å². The van der Waals surface area contributed by atoms with Crippen molar-refractivity contribution in [1.29, 1.82) is 0 Å². The number of hydrogen-bond acceptors (Lipinski definition) is 4. The van der Waals surface area contributed by atoms with Crippen LogP contribution in [0.5, 0.6) is 0 Å². The molecule has 0 fully saturated rings. The van der Waals surface area contributed by atoms with Gasteiger partial charge in [0.05, 0.1) is 0 Å². The quantitative estimate of drug-likeness (QED) is 0.764. The number of carbonyl (C=O) groups is 3. The molecule has 1 rings (SSSR count). The van der Waals surface area contributed by atoms with E-state index in [0.717, 1.165) is 12.1 Å². The van der Waals surface area contributed by atoms with Crippen LogP contribution in [-0.4, -0.2) is 34.9 Å². The average molecular weight is 362 g/mol. The molecule has 0 spiro atoms. The van der Waals surface area contributed by atoms with Gasteiger partial charge >= 0.3 is 24.1 Å². The molecule has 0 aliphatic heterocycles. The van der Waals surface area contributed by atoms with Gasteiger partial charge in [-0.2, -0.15) is 13.2 Å². The van der Waals surface area contributed by atoms with Crippen LogP contribution in [0.3, 0.4) is 0 Å². The van der Waals surface area contributed by atoms with Gasteiger partial charge in [-0.1, -0.05) is 12.1 Å². The van der Waals surface area contributed by atoms with Gasteiger partial charge in [-0.3, -0.25) is 4.79 Å². The molecule has 10 heteroatoms. The van der Waals surface area contributed by atoms with Gasteiger partial charge in [-0.05, 0) is 38.5 Å². The van der Waals surface area contributed by atoms with Crippen molar-refractivity contribution in [2.45, 2.75) is 38.6 Å². The van der Waals surface area contributed by atoms with Crippen molar-refractivity contribution in [1.82, 2.24) is 5.32 Å². The molecule has 2 amide bonds. The maximum absolute atomic E-state index is 12.2. The fourth-order valence-corrected chi connectivity index (χ4v) is 1.67. The van der Waals surface area contributed by atoms with E-state index in [1.165, 1.54) is 12.1 Å². The van der Waals surface area contributed by atoms with E-state index >= 15 is 0 Å². The fourth-order valence-electron chi connectivity index (χ4n) is 1.67. The van der Waals surface area contributed by atoms with Crippen molar-refractivity contribution < 1.29 is 37.4 Å². The predicted molar refractivity (Wildman–Crippen MR) is 80.9 cm³/mol. The van der Waals surface area contributed by atoms with E-state index in [1.54, 1.807) is 26.1 Å². The first-order valence-corrected chi connectivity index (χ1v) is 7.00. The van der Waals surface area contributed by atoms with Crippen molar-refractivity contribution in [3.05, 3.63) is 29.8 Å². The predicted octanol–water partition coefficient (Wildman–Crippen LogP) is 2.84. The van der Waals surface area contributed by atoms with Gasteiger partial charge in [0.2, 0.25) is 0 Å². The zero-order valence-electron chi connectivity index (χ0n) is 13.6. The normalized spacial score (nSPS) is 12.9. The Balaban J connectivity index is 2.87. The van der Waals surface area contributed by atoms with E-state index in [0.29, 0.717) is 0 Å². The molecule has 0 bridgehead atoms. The number of carboxylic acids is 1. The zero-order valence-corrected chi connectivity index (χ0v) is 13.6. The minimum Gasteiger partial charge on any atom is -0.479 e. The highest BCUT2D eigenvalue weighted by Crippen LogP contribution is 2.21. The molecule has 0 aromatic heterocycles. The van der Waals surface area contributed by atoms with E-state index in [9.17, 15) is 32.7 Å². The number of carbonyl (C=O) groups excluding carboxylic acids is 2. The number of anilines is 1. The molecule has 138 valence electrons. The Morgan fingerprint density at radius 3 is 2.00 bits per heavy atom. The molecule has 7 nitrogen and oxygen atoms in total. The molecule has 1 aromatic carbocycles. The lowest BCUT2D eigenvalue weighted by atomic mass is 10.1. The zero-order chi connectivity index (χ0) is 19.4. The van der Waals surface area contributed by atoms with Crippen LogP contribution in [0.15, 0.2) is 24.3 Å². The molecule has 3 N–H and O–H groups in total. The molecule has 0 radical (unpaired) electrons. The van der Waals surface area contributed by atoms with Crippen LogP contribution in [0.4, 0.5) is 23.7 Å². The van der Waals surface area contributed by atoms with Crippen molar-refractivity contribution in [3.63, 3.8) is 0 Å². The lowest BCUT2D eigenvalue weighted by Crippen LogP contribution is -2.38. The second-order valence-corrected chi connectivity index (χ2v) is 5.99. The first-order valence-electron chi connectivity index (χ1n) is 7.00. The molecule has 1 atom stereocenters. The maximum Gasteiger partial charge on any atom is 0.471 e. The summed E-state index contributed by atoms with van der Waals surface area (Å²) in [5.41, 5.74) is -0.922. The summed E-state index contributed by atoms with van der Waals surface area (Å²) in [6.45, 7) is 4.79. The summed E-state index contributed by atoms with van der Waals surface area (Å²) < 4.78 is 41.5. The Morgan fingerprint density at radius 2 is 1.60 bits per heavy atom. The smallest absolute Gasteiger partial charge is 0.471 e. The number of carboxylic acid groups (broad SMARTS) is 1. The number of benzene rings is 1. The van der Waals surface area contributed by atoms with Gasteiger partial charge in [0.1, 0.15) is 5.60 Å². The van der Waals surface area contributed by atoms with Crippen molar-refractivity contribution in [2.24, 2.45) is 0 Å². The summed E-state index contributed by atoms with van der Waals surface area (Å²) in [6.07, 6.45) is -6.00. The lowest BCUT2D eigenvalue weighted by molar-refractivity contribution is -0.167. The van der Waals surface area contributed by atoms with Crippen molar-refractivity contribution in [2.75, 3.05) is 5.32 Å². The van der Waals surface area contributed by atoms with Crippen LogP contribution in [0.25, 0.3) is 0 Å². The molecular weight excluding hydrogens is 345 g/mol. The first-order chi connectivity index (χ1) is 11.3. The highest BCUT2D eigenvalue weighted by molar-refractivity contribution is 5.95. The van der Waals surface area contributed by atoms with E-state index in [4.69, 9.17) is 4.74 Å². The number of hydrogen-bond donors (Lipinski definition) is 3. The van der Waals surface area contributed by atoms with E-state index < -0.39 is 35.8 Å². The number of alkyl carbamates (subject to hydrolysis) is 1. The van der Waals surface area contributed by atoms with E-state index in [1.807, 2.05) is 0 Å². The summed E-state index contributed by atoms with van der Waals surface area (Å²) in [7, 11) is 0. The Bertz CT molecular complexity index is 651. The molecule has 0 aliphatic carbocycles. The van der Waals surface area contributed by atoms with Gasteiger partial charge in [0.15, 0.2) is 6.04 Å². The SMILES string of the molecule is CC(C)(C)OC(=O)NC(C(=O)O)c1ccc(NC(=O)C(F)(F)F)cc1. The fraction of sp³-hybridized carbons (Fsp3) is 0.400. The monoisotopic (exact) mass is 362 g/mol. The lowest BCUT2D eigenvalue weighted by Gasteiger charge is -2.22. The molecular formula is C15H17F3N2O5. The van der Waals surface area contributed by atoms with Crippen molar-refractivity contribution >= 4 is 23.7 Å². The minimum absolute atomic E-state index is 0.0865. The summed E-state index contributed by atoms with van der Waals surface area (Å²) >= 11 is 0. The molecule has 0 heterocycles. The highest BCUT2D eigenvalue weighted by atomic mass is 19.4. The minimum atomic E-state index is -5.04. The number of ether oxygens (including phenoxy) is 1. The topological polar surface area (TPSA) is 105 Å². The summed E-state index contributed by atoms with van der Waals surface area (Å²) in [6, 6.07) is 3.05. The second kappa shape index (κ2) is 7.41. The van der Waals surface area contributed by atoms with Crippen LogP contribution in [0, 0.1) is 0 Å².